The molecule has 7 heteroatoms. The maximum absolute atomic E-state index is 10.9. The highest BCUT2D eigenvalue weighted by atomic mass is 16.5. The van der Waals surface area contributed by atoms with E-state index in [1.807, 2.05) is 25.3 Å². The summed E-state index contributed by atoms with van der Waals surface area (Å²) < 4.78 is 11.0. The van der Waals surface area contributed by atoms with E-state index in [2.05, 4.69) is 15.1 Å². The van der Waals surface area contributed by atoms with Crippen LogP contribution in [0.1, 0.15) is 46.1 Å². The first-order valence-corrected chi connectivity index (χ1v) is 8.35. The predicted molar refractivity (Wildman–Crippen MR) is 92.0 cm³/mol. The van der Waals surface area contributed by atoms with Crippen molar-refractivity contribution in [3.63, 3.8) is 0 Å². The van der Waals surface area contributed by atoms with E-state index >= 15 is 0 Å². The Labute approximate surface area is 149 Å². The maximum atomic E-state index is 10.9. The molecule has 3 aromatic heterocycles. The number of aryl methyl sites for hydroxylation is 1. The van der Waals surface area contributed by atoms with Crippen molar-refractivity contribution in [2.45, 2.75) is 32.3 Å². The topological polar surface area (TPSA) is 98.3 Å². The number of pyridine rings is 2. The molecule has 7 nitrogen and oxygen atoms in total. The summed E-state index contributed by atoms with van der Waals surface area (Å²) >= 11 is 0. The van der Waals surface area contributed by atoms with Crippen LogP contribution in [0.5, 0.6) is 5.88 Å². The van der Waals surface area contributed by atoms with Crippen LogP contribution in [0.4, 0.5) is 0 Å². The number of aromatic nitrogens is 3. The summed E-state index contributed by atoms with van der Waals surface area (Å²) in [6, 6.07) is 7.01. The maximum Gasteiger partial charge on any atom is 0.337 e. The van der Waals surface area contributed by atoms with E-state index in [0.29, 0.717) is 23.3 Å². The van der Waals surface area contributed by atoms with Crippen LogP contribution in [0.2, 0.25) is 0 Å². The molecule has 0 saturated heterocycles. The third kappa shape index (κ3) is 3.28. The quantitative estimate of drug-likeness (QED) is 0.724. The molecule has 3 heterocycles. The standard InChI is InChI=1S/C19H17N3O4/c1-11-15(10-25-17-7-5-14(9-21-17)19(23)24)18(22-26-11)13-4-6-16(20-8-13)12-2-3-12/h4-9,12H,2-3,10H2,1H3,(H,23,24). The van der Waals surface area contributed by atoms with Gasteiger partial charge >= 0.3 is 5.97 Å². The van der Waals surface area contributed by atoms with Crippen LogP contribution in [0.25, 0.3) is 11.3 Å². The lowest BCUT2D eigenvalue weighted by Gasteiger charge is -2.06. The molecule has 1 N–H and O–H groups in total. The number of carboxylic acid groups (broad SMARTS) is 1. The fourth-order valence-electron chi connectivity index (χ4n) is 2.69. The Morgan fingerprint density at radius 2 is 2.08 bits per heavy atom. The van der Waals surface area contributed by atoms with Crippen molar-refractivity contribution < 1.29 is 19.2 Å². The van der Waals surface area contributed by atoms with Crippen LogP contribution in [-0.2, 0) is 6.61 Å². The predicted octanol–water partition coefficient (Wildman–Crippen LogP) is 3.59. The van der Waals surface area contributed by atoms with E-state index in [0.717, 1.165) is 16.8 Å². The summed E-state index contributed by atoms with van der Waals surface area (Å²) in [5.41, 5.74) is 3.61. The third-order valence-corrected chi connectivity index (χ3v) is 4.39. The minimum absolute atomic E-state index is 0.112. The summed E-state index contributed by atoms with van der Waals surface area (Å²) in [5, 5.41) is 13.0. The van der Waals surface area contributed by atoms with Gasteiger partial charge in [0, 0.05) is 35.6 Å². The molecule has 0 aromatic carbocycles. The Hall–Kier alpha value is -3.22. The van der Waals surface area contributed by atoms with Crippen LogP contribution in [0.3, 0.4) is 0 Å². The molecule has 1 fully saturated rings. The first-order chi connectivity index (χ1) is 12.6. The van der Waals surface area contributed by atoms with Crippen molar-refractivity contribution in [2.75, 3.05) is 0 Å². The van der Waals surface area contributed by atoms with Crippen LogP contribution in [0.15, 0.2) is 41.2 Å². The first-order valence-electron chi connectivity index (χ1n) is 8.35. The van der Waals surface area contributed by atoms with Gasteiger partial charge in [-0.15, -0.1) is 0 Å². The first kappa shape index (κ1) is 16.3. The zero-order valence-electron chi connectivity index (χ0n) is 14.2. The molecule has 0 spiro atoms. The van der Waals surface area contributed by atoms with Crippen molar-refractivity contribution in [3.8, 4) is 17.1 Å². The molecule has 1 aliphatic rings. The molecule has 26 heavy (non-hydrogen) atoms. The van der Waals surface area contributed by atoms with Gasteiger partial charge in [0.05, 0.1) is 11.1 Å². The Kier molecular flexibility index (Phi) is 4.12. The van der Waals surface area contributed by atoms with Crippen molar-refractivity contribution in [1.29, 1.82) is 0 Å². The second-order valence-corrected chi connectivity index (χ2v) is 6.29. The van der Waals surface area contributed by atoms with Gasteiger partial charge in [0.25, 0.3) is 0 Å². The minimum atomic E-state index is -1.02. The molecule has 0 radical (unpaired) electrons. The molecule has 1 saturated carbocycles. The highest BCUT2D eigenvalue weighted by Crippen LogP contribution is 2.39. The molecular formula is C19H17N3O4. The highest BCUT2D eigenvalue weighted by Gasteiger charge is 2.25. The van der Waals surface area contributed by atoms with Gasteiger partial charge in [0.2, 0.25) is 5.88 Å². The van der Waals surface area contributed by atoms with Crippen molar-refractivity contribution in [1.82, 2.24) is 15.1 Å². The molecule has 132 valence electrons. The average Bonchev–Trinajstić information content (AvgIpc) is 3.44. The number of ether oxygens (including phenoxy) is 1. The van der Waals surface area contributed by atoms with E-state index in [4.69, 9.17) is 14.4 Å². The number of aromatic carboxylic acids is 1. The molecule has 4 rings (SSSR count). The van der Waals surface area contributed by atoms with Gasteiger partial charge in [-0.2, -0.15) is 0 Å². The summed E-state index contributed by atoms with van der Waals surface area (Å²) in [7, 11) is 0. The number of carboxylic acids is 1. The lowest BCUT2D eigenvalue weighted by atomic mass is 10.1. The Bertz CT molecular complexity index is 928. The second kappa shape index (κ2) is 6.59. The molecule has 0 aliphatic heterocycles. The Morgan fingerprint density at radius 3 is 2.69 bits per heavy atom. The van der Waals surface area contributed by atoms with Crippen molar-refractivity contribution in [3.05, 3.63) is 59.2 Å². The molecule has 3 aromatic rings. The number of hydrogen-bond donors (Lipinski definition) is 1. The van der Waals surface area contributed by atoms with Gasteiger partial charge in [0.15, 0.2) is 0 Å². The van der Waals surface area contributed by atoms with E-state index in [1.165, 1.54) is 31.2 Å². The monoisotopic (exact) mass is 351 g/mol. The second-order valence-electron chi connectivity index (χ2n) is 6.29. The van der Waals surface area contributed by atoms with Gasteiger partial charge in [-0.25, -0.2) is 9.78 Å². The summed E-state index contributed by atoms with van der Waals surface area (Å²) in [6.07, 6.45) is 5.50. The normalized spacial score (nSPS) is 13.6. The molecule has 0 amide bonds. The van der Waals surface area contributed by atoms with E-state index < -0.39 is 5.97 Å². The van der Waals surface area contributed by atoms with Crippen LogP contribution in [0, 0.1) is 6.92 Å². The van der Waals surface area contributed by atoms with E-state index in [1.54, 1.807) is 0 Å². The molecule has 0 unspecified atom stereocenters. The minimum Gasteiger partial charge on any atom is -0.478 e. The molecule has 0 bridgehead atoms. The zero-order chi connectivity index (χ0) is 18.1. The number of nitrogens with zero attached hydrogens (tertiary/aromatic N) is 3. The number of carbonyl (C=O) groups is 1. The van der Waals surface area contributed by atoms with E-state index in [-0.39, 0.29) is 12.2 Å². The fourth-order valence-corrected chi connectivity index (χ4v) is 2.69. The highest BCUT2D eigenvalue weighted by molar-refractivity contribution is 5.87. The van der Waals surface area contributed by atoms with Gasteiger partial charge in [0.1, 0.15) is 18.1 Å². The Balaban J connectivity index is 1.51. The van der Waals surface area contributed by atoms with Gasteiger partial charge in [-0.3, -0.25) is 4.98 Å². The van der Waals surface area contributed by atoms with Crippen molar-refractivity contribution >= 4 is 5.97 Å². The number of rotatable bonds is 6. The largest absolute Gasteiger partial charge is 0.478 e. The smallest absolute Gasteiger partial charge is 0.337 e. The third-order valence-electron chi connectivity index (χ3n) is 4.39. The average molecular weight is 351 g/mol. The van der Waals surface area contributed by atoms with Gasteiger partial charge in [-0.1, -0.05) is 5.16 Å². The van der Waals surface area contributed by atoms with Gasteiger partial charge in [-0.05, 0) is 38.0 Å². The lowest BCUT2D eigenvalue weighted by Crippen LogP contribution is -2.01. The van der Waals surface area contributed by atoms with Crippen LogP contribution >= 0.6 is 0 Å². The van der Waals surface area contributed by atoms with Crippen LogP contribution in [-0.4, -0.2) is 26.2 Å². The summed E-state index contributed by atoms with van der Waals surface area (Å²) in [6.45, 7) is 2.04. The molecule has 1 aliphatic carbocycles. The lowest BCUT2D eigenvalue weighted by molar-refractivity contribution is 0.0696. The summed E-state index contributed by atoms with van der Waals surface area (Å²) in [5.74, 6) is 0.575. The Morgan fingerprint density at radius 1 is 1.23 bits per heavy atom. The van der Waals surface area contributed by atoms with Crippen LogP contribution < -0.4 is 4.74 Å². The fraction of sp³-hybridized carbons (Fsp3) is 0.263. The number of hydrogen-bond acceptors (Lipinski definition) is 6. The molecular weight excluding hydrogens is 334 g/mol. The SMILES string of the molecule is Cc1onc(-c2ccc(C3CC3)nc2)c1COc1ccc(C(=O)O)cn1. The van der Waals surface area contributed by atoms with E-state index in [9.17, 15) is 4.79 Å². The summed E-state index contributed by atoms with van der Waals surface area (Å²) in [4.78, 5) is 19.4. The molecule has 0 atom stereocenters. The van der Waals surface area contributed by atoms with Gasteiger partial charge < -0.3 is 14.4 Å². The van der Waals surface area contributed by atoms with Crippen molar-refractivity contribution in [2.24, 2.45) is 0 Å². The zero-order valence-corrected chi connectivity index (χ0v) is 14.2.